The van der Waals surface area contributed by atoms with Gasteiger partial charge < -0.3 is 20.1 Å². The first kappa shape index (κ1) is 22.2. The number of alkyl halides is 4. The summed E-state index contributed by atoms with van der Waals surface area (Å²) in [5.74, 6) is -15.6. The zero-order valence-electron chi connectivity index (χ0n) is 16.3. The number of fused-ring (bicyclic) bond motifs is 5. The average Bonchev–Trinajstić information content (AvgIpc) is 2.88. The second kappa shape index (κ2) is 7.84. The topological polar surface area (TPSA) is 78.9 Å². The fourth-order valence-corrected chi connectivity index (χ4v) is 4.24. The van der Waals surface area contributed by atoms with Crippen LogP contribution in [0.5, 0.6) is 11.5 Å². The molecule has 2 aromatic carbocycles. The number of hydrogen-bond donors (Lipinski definition) is 2. The molecule has 32 heavy (non-hydrogen) atoms. The van der Waals surface area contributed by atoms with Gasteiger partial charge in [-0.1, -0.05) is 29.8 Å². The molecule has 2 N–H and O–H groups in total. The lowest BCUT2D eigenvalue weighted by atomic mass is 9.89. The SMILES string of the molecule is O=C(O)C(F)(F)C(F)(F)C(=O)N[C@@H]1CCCN2c3cc(Cl)ccc3Oc3ccccc3[C@@H]12. The molecule has 2 aliphatic rings. The second-order valence-electron chi connectivity index (χ2n) is 7.57. The number of aliphatic carboxylic acids is 1. The van der Waals surface area contributed by atoms with E-state index in [1.165, 1.54) is 0 Å². The Morgan fingerprint density at radius 2 is 1.81 bits per heavy atom. The van der Waals surface area contributed by atoms with Gasteiger partial charge in [0.15, 0.2) is 5.75 Å². The molecule has 0 spiro atoms. The Balaban J connectivity index is 1.75. The molecular weight excluding hydrogens is 456 g/mol. The van der Waals surface area contributed by atoms with E-state index >= 15 is 0 Å². The Morgan fingerprint density at radius 3 is 2.53 bits per heavy atom. The summed E-state index contributed by atoms with van der Waals surface area (Å²) < 4.78 is 61.3. The van der Waals surface area contributed by atoms with Gasteiger partial charge in [0.1, 0.15) is 5.75 Å². The highest BCUT2D eigenvalue weighted by atomic mass is 35.5. The van der Waals surface area contributed by atoms with Crippen molar-refractivity contribution in [1.82, 2.24) is 5.32 Å². The highest BCUT2D eigenvalue weighted by Gasteiger charge is 2.67. The maximum absolute atomic E-state index is 14.1. The van der Waals surface area contributed by atoms with Gasteiger partial charge in [0.25, 0.3) is 5.91 Å². The lowest BCUT2D eigenvalue weighted by Gasteiger charge is -2.42. The van der Waals surface area contributed by atoms with Crippen LogP contribution in [0.1, 0.15) is 24.4 Å². The van der Waals surface area contributed by atoms with Gasteiger partial charge in [0.2, 0.25) is 0 Å². The highest BCUT2D eigenvalue weighted by molar-refractivity contribution is 6.31. The van der Waals surface area contributed by atoms with Gasteiger partial charge in [0.05, 0.1) is 17.8 Å². The smallest absolute Gasteiger partial charge is 0.413 e. The van der Waals surface area contributed by atoms with Crippen LogP contribution in [-0.2, 0) is 9.59 Å². The van der Waals surface area contributed by atoms with Gasteiger partial charge >= 0.3 is 17.8 Å². The summed E-state index contributed by atoms with van der Waals surface area (Å²) in [5, 5.41) is 10.8. The van der Waals surface area contributed by atoms with Crippen LogP contribution in [0.25, 0.3) is 0 Å². The number of rotatable bonds is 4. The van der Waals surface area contributed by atoms with Crippen LogP contribution in [0, 0.1) is 0 Å². The van der Waals surface area contributed by atoms with E-state index in [9.17, 15) is 27.2 Å². The summed E-state index contributed by atoms with van der Waals surface area (Å²) in [6.45, 7) is 0.462. The molecule has 2 aliphatic heterocycles. The number of carbonyl (C=O) groups excluding carboxylic acids is 1. The van der Waals surface area contributed by atoms with Crippen molar-refractivity contribution in [3.63, 3.8) is 0 Å². The molecule has 0 aliphatic carbocycles. The number of hydrogen-bond acceptors (Lipinski definition) is 4. The van der Waals surface area contributed by atoms with Crippen LogP contribution in [0.2, 0.25) is 5.02 Å². The molecule has 0 radical (unpaired) electrons. The van der Waals surface area contributed by atoms with Gasteiger partial charge in [-0.3, -0.25) is 4.79 Å². The molecule has 170 valence electrons. The minimum atomic E-state index is -5.56. The Bertz CT molecular complexity index is 1080. The van der Waals surface area contributed by atoms with E-state index in [-0.39, 0.29) is 6.42 Å². The number of halogens is 5. The number of piperidine rings is 1. The Kier molecular flexibility index (Phi) is 5.44. The number of carboxylic acids is 1. The van der Waals surface area contributed by atoms with E-state index in [1.807, 2.05) is 10.2 Å². The highest BCUT2D eigenvalue weighted by Crippen LogP contribution is 2.48. The quantitative estimate of drug-likeness (QED) is 0.634. The predicted molar refractivity (Wildman–Crippen MR) is 107 cm³/mol. The third-order valence-electron chi connectivity index (χ3n) is 5.58. The molecule has 2 heterocycles. The fraction of sp³-hybridized carbons (Fsp3) is 0.333. The summed E-state index contributed by atoms with van der Waals surface area (Å²) >= 11 is 6.14. The number of amides is 1. The van der Waals surface area contributed by atoms with E-state index in [4.69, 9.17) is 21.4 Å². The number of carboxylic acid groups (broad SMARTS) is 1. The molecule has 1 amide bonds. The number of ether oxygens (including phenoxy) is 1. The lowest BCUT2D eigenvalue weighted by Crippen LogP contribution is -2.60. The van der Waals surface area contributed by atoms with Crippen molar-refractivity contribution in [1.29, 1.82) is 0 Å². The molecule has 2 aromatic rings. The monoisotopic (exact) mass is 472 g/mol. The van der Waals surface area contributed by atoms with Crippen LogP contribution in [0.4, 0.5) is 23.2 Å². The minimum absolute atomic E-state index is 0.200. The summed E-state index contributed by atoms with van der Waals surface area (Å²) in [7, 11) is 0. The summed E-state index contributed by atoms with van der Waals surface area (Å²) in [6.07, 6.45) is 0.641. The first-order valence-electron chi connectivity index (χ1n) is 9.67. The van der Waals surface area contributed by atoms with Crippen molar-refractivity contribution >= 4 is 29.2 Å². The Labute approximate surface area is 184 Å². The molecule has 0 aromatic heterocycles. The van der Waals surface area contributed by atoms with Gasteiger partial charge in [-0.25, -0.2) is 4.79 Å². The first-order chi connectivity index (χ1) is 15.0. The summed E-state index contributed by atoms with van der Waals surface area (Å²) in [6, 6.07) is 9.91. The zero-order chi connectivity index (χ0) is 23.3. The molecule has 11 heteroatoms. The molecule has 0 bridgehead atoms. The van der Waals surface area contributed by atoms with Gasteiger partial charge in [0, 0.05) is 17.1 Å². The summed E-state index contributed by atoms with van der Waals surface area (Å²) in [5.41, 5.74) is 1.11. The standard InChI is InChI=1S/C21H17ClF4N2O4/c22-11-7-8-16-14(10-11)28-9-3-5-13(17(28)12-4-1-2-6-15(12)32-16)27-18(29)20(23,24)21(25,26)19(30)31/h1-2,4,6-8,10,13,17H,3,5,9H2,(H,27,29)(H,30,31)/t13-,17+/m1/s1. The minimum Gasteiger partial charge on any atom is -0.477 e. The van der Waals surface area contributed by atoms with Crippen molar-refractivity contribution in [2.24, 2.45) is 0 Å². The van der Waals surface area contributed by atoms with Crippen molar-refractivity contribution in [2.75, 3.05) is 11.4 Å². The van der Waals surface area contributed by atoms with Crippen LogP contribution in [-0.4, -0.2) is 41.4 Å². The lowest BCUT2D eigenvalue weighted by molar-refractivity contribution is -0.222. The van der Waals surface area contributed by atoms with E-state index in [0.717, 1.165) is 0 Å². The molecule has 0 saturated carbocycles. The van der Waals surface area contributed by atoms with Gasteiger partial charge in [-0.05, 0) is 37.1 Å². The third kappa shape index (κ3) is 3.52. The largest absolute Gasteiger partial charge is 0.477 e. The normalized spacial score (nSPS) is 20.2. The maximum atomic E-state index is 14.1. The Morgan fingerprint density at radius 1 is 1.09 bits per heavy atom. The number of anilines is 1. The Hall–Kier alpha value is -3.01. The number of para-hydroxylation sites is 1. The van der Waals surface area contributed by atoms with Gasteiger partial charge in [-0.2, -0.15) is 17.6 Å². The molecule has 1 fully saturated rings. The fourth-order valence-electron chi connectivity index (χ4n) is 4.08. The van der Waals surface area contributed by atoms with Crippen LogP contribution < -0.4 is 15.0 Å². The van der Waals surface area contributed by atoms with Crippen molar-refractivity contribution in [3.8, 4) is 11.5 Å². The molecular formula is C21H17ClF4N2O4. The number of carbonyl (C=O) groups is 2. The predicted octanol–water partition coefficient (Wildman–Crippen LogP) is 4.63. The molecule has 0 unspecified atom stereocenters. The van der Waals surface area contributed by atoms with Crippen LogP contribution >= 0.6 is 11.6 Å². The van der Waals surface area contributed by atoms with Crippen LogP contribution in [0.15, 0.2) is 42.5 Å². The van der Waals surface area contributed by atoms with Gasteiger partial charge in [-0.15, -0.1) is 0 Å². The van der Waals surface area contributed by atoms with Crippen molar-refractivity contribution < 1.29 is 37.0 Å². The molecule has 2 atom stereocenters. The first-order valence-corrected chi connectivity index (χ1v) is 10.0. The van der Waals surface area contributed by atoms with E-state index < -0.39 is 35.8 Å². The van der Waals surface area contributed by atoms with Crippen molar-refractivity contribution in [2.45, 2.75) is 36.8 Å². The maximum Gasteiger partial charge on any atom is 0.413 e. The van der Waals surface area contributed by atoms with Crippen molar-refractivity contribution in [3.05, 3.63) is 53.1 Å². The van der Waals surface area contributed by atoms with Crippen LogP contribution in [0.3, 0.4) is 0 Å². The second-order valence-corrected chi connectivity index (χ2v) is 8.00. The van der Waals surface area contributed by atoms with E-state index in [1.54, 1.807) is 42.5 Å². The average molecular weight is 473 g/mol. The molecule has 4 rings (SSSR count). The number of nitrogens with zero attached hydrogens (tertiary/aromatic N) is 1. The zero-order valence-corrected chi connectivity index (χ0v) is 17.1. The van der Waals surface area contributed by atoms with E-state index in [0.29, 0.717) is 40.7 Å². The molecule has 6 nitrogen and oxygen atoms in total. The number of nitrogens with one attached hydrogen (secondary N) is 1. The third-order valence-corrected chi connectivity index (χ3v) is 5.82. The molecule has 1 saturated heterocycles. The summed E-state index contributed by atoms with van der Waals surface area (Å²) in [4.78, 5) is 24.6. The van der Waals surface area contributed by atoms with E-state index in [2.05, 4.69) is 0 Å². The number of benzene rings is 2.